The molecule has 0 aromatic carbocycles. The molecule has 0 amide bonds. The van der Waals surface area contributed by atoms with Crippen molar-refractivity contribution in [1.82, 2.24) is 0 Å². The standard InChI is InChI=1S/C15H24O4/c1-3-19-13(17)14-8-4-5-10-15(14,18)12(11(2)16)7-6-9-14/h12,18H,3-10H2,1-2H3/t12-,14-,15+/m1/s1. The molecule has 0 heterocycles. The summed E-state index contributed by atoms with van der Waals surface area (Å²) >= 11 is 0. The Bertz CT molecular complexity index is 374. The number of esters is 1. The third-order valence-electron chi connectivity index (χ3n) is 5.07. The van der Waals surface area contributed by atoms with E-state index in [4.69, 9.17) is 4.74 Å². The Labute approximate surface area is 114 Å². The number of ketones is 1. The first-order valence-electron chi connectivity index (χ1n) is 7.38. The Hall–Kier alpha value is -0.900. The highest BCUT2D eigenvalue weighted by Crippen LogP contribution is 2.56. The van der Waals surface area contributed by atoms with E-state index in [-0.39, 0.29) is 11.8 Å². The van der Waals surface area contributed by atoms with Crippen LogP contribution in [0.4, 0.5) is 0 Å². The lowest BCUT2D eigenvalue weighted by Gasteiger charge is -2.54. The maximum atomic E-state index is 12.4. The van der Waals surface area contributed by atoms with Gasteiger partial charge in [0.25, 0.3) is 0 Å². The minimum absolute atomic E-state index is 0.00206. The van der Waals surface area contributed by atoms with Gasteiger partial charge in [0.1, 0.15) is 5.78 Å². The molecular weight excluding hydrogens is 244 g/mol. The lowest BCUT2D eigenvalue weighted by molar-refractivity contribution is -0.206. The van der Waals surface area contributed by atoms with E-state index in [1.807, 2.05) is 0 Å². The predicted molar refractivity (Wildman–Crippen MR) is 70.5 cm³/mol. The fraction of sp³-hybridized carbons (Fsp3) is 0.867. The molecule has 0 aromatic heterocycles. The number of carbonyl (C=O) groups is 2. The van der Waals surface area contributed by atoms with Crippen molar-refractivity contribution in [3.8, 4) is 0 Å². The zero-order valence-corrected chi connectivity index (χ0v) is 11.9. The number of hydrogen-bond donors (Lipinski definition) is 1. The van der Waals surface area contributed by atoms with Crippen LogP contribution >= 0.6 is 0 Å². The van der Waals surface area contributed by atoms with Gasteiger partial charge < -0.3 is 9.84 Å². The van der Waals surface area contributed by atoms with Gasteiger partial charge in [-0.15, -0.1) is 0 Å². The summed E-state index contributed by atoms with van der Waals surface area (Å²) in [4.78, 5) is 24.3. The number of rotatable bonds is 3. The van der Waals surface area contributed by atoms with E-state index in [1.54, 1.807) is 6.92 Å². The van der Waals surface area contributed by atoms with E-state index in [1.165, 1.54) is 6.92 Å². The van der Waals surface area contributed by atoms with Crippen LogP contribution in [0, 0.1) is 11.3 Å². The molecule has 4 heteroatoms. The average molecular weight is 268 g/mol. The van der Waals surface area contributed by atoms with E-state index in [0.29, 0.717) is 32.3 Å². The van der Waals surface area contributed by atoms with Crippen molar-refractivity contribution < 1.29 is 19.4 Å². The molecule has 3 atom stereocenters. The van der Waals surface area contributed by atoms with E-state index in [9.17, 15) is 14.7 Å². The maximum Gasteiger partial charge on any atom is 0.315 e. The van der Waals surface area contributed by atoms with Crippen molar-refractivity contribution in [3.63, 3.8) is 0 Å². The van der Waals surface area contributed by atoms with Crippen molar-refractivity contribution in [3.05, 3.63) is 0 Å². The fourth-order valence-electron chi connectivity index (χ4n) is 4.16. The summed E-state index contributed by atoms with van der Waals surface area (Å²) in [5.41, 5.74) is -2.04. The predicted octanol–water partition coefficient (Wildman–Crippen LogP) is 2.23. The molecule has 0 saturated heterocycles. The van der Waals surface area contributed by atoms with Crippen LogP contribution < -0.4 is 0 Å². The van der Waals surface area contributed by atoms with Crippen LogP contribution in [-0.2, 0) is 14.3 Å². The number of fused-ring (bicyclic) bond motifs is 1. The summed E-state index contributed by atoms with van der Waals surface area (Å²) in [6, 6.07) is 0. The second-order valence-electron chi connectivity index (χ2n) is 5.99. The zero-order chi connectivity index (χ0) is 14.1. The van der Waals surface area contributed by atoms with Gasteiger partial charge in [0.15, 0.2) is 0 Å². The monoisotopic (exact) mass is 268 g/mol. The lowest BCUT2D eigenvalue weighted by atomic mass is 9.52. The minimum Gasteiger partial charge on any atom is -0.465 e. The molecule has 0 bridgehead atoms. The van der Waals surface area contributed by atoms with Crippen LogP contribution in [0.25, 0.3) is 0 Å². The third-order valence-corrected chi connectivity index (χ3v) is 5.07. The highest BCUT2D eigenvalue weighted by molar-refractivity contribution is 5.84. The summed E-state index contributed by atoms with van der Waals surface area (Å²) < 4.78 is 5.22. The van der Waals surface area contributed by atoms with E-state index >= 15 is 0 Å². The van der Waals surface area contributed by atoms with E-state index in [0.717, 1.165) is 19.3 Å². The zero-order valence-electron chi connectivity index (χ0n) is 11.9. The van der Waals surface area contributed by atoms with Gasteiger partial charge in [0, 0.05) is 5.92 Å². The van der Waals surface area contributed by atoms with Gasteiger partial charge in [-0.2, -0.15) is 0 Å². The third kappa shape index (κ3) is 2.10. The van der Waals surface area contributed by atoms with Crippen LogP contribution in [0.15, 0.2) is 0 Å². The maximum absolute atomic E-state index is 12.4. The number of aliphatic hydroxyl groups is 1. The molecule has 2 aliphatic rings. The van der Waals surface area contributed by atoms with Crippen LogP contribution in [0.5, 0.6) is 0 Å². The molecule has 0 spiro atoms. The Morgan fingerprint density at radius 1 is 1.21 bits per heavy atom. The first-order valence-corrected chi connectivity index (χ1v) is 7.38. The van der Waals surface area contributed by atoms with Gasteiger partial charge in [-0.05, 0) is 39.5 Å². The second-order valence-corrected chi connectivity index (χ2v) is 5.99. The Morgan fingerprint density at radius 3 is 2.47 bits per heavy atom. The number of ether oxygens (including phenoxy) is 1. The molecule has 1 N–H and O–H groups in total. The molecular formula is C15H24O4. The summed E-state index contributed by atoms with van der Waals surface area (Å²) in [6.07, 6.45) is 5.12. The molecule has 2 aliphatic carbocycles. The average Bonchev–Trinajstić information content (AvgIpc) is 2.37. The van der Waals surface area contributed by atoms with Crippen molar-refractivity contribution in [2.75, 3.05) is 6.61 Å². The summed E-state index contributed by atoms with van der Waals surface area (Å²) in [6.45, 7) is 3.63. The molecule has 19 heavy (non-hydrogen) atoms. The van der Waals surface area contributed by atoms with Crippen LogP contribution in [-0.4, -0.2) is 29.1 Å². The fourth-order valence-corrected chi connectivity index (χ4v) is 4.16. The Morgan fingerprint density at radius 2 is 1.84 bits per heavy atom. The first-order chi connectivity index (χ1) is 8.98. The highest BCUT2D eigenvalue weighted by Gasteiger charge is 2.63. The largest absolute Gasteiger partial charge is 0.465 e. The topological polar surface area (TPSA) is 63.6 Å². The number of hydrogen-bond acceptors (Lipinski definition) is 4. The quantitative estimate of drug-likeness (QED) is 0.797. The van der Waals surface area contributed by atoms with E-state index in [2.05, 4.69) is 0 Å². The van der Waals surface area contributed by atoms with Gasteiger partial charge in [-0.1, -0.05) is 19.3 Å². The summed E-state index contributed by atoms with van der Waals surface area (Å²) in [5.74, 6) is -0.716. The van der Waals surface area contributed by atoms with Crippen LogP contribution in [0.1, 0.15) is 58.8 Å². The van der Waals surface area contributed by atoms with Crippen molar-refractivity contribution >= 4 is 11.8 Å². The normalized spacial score (nSPS) is 38.4. The molecule has 0 radical (unpaired) electrons. The molecule has 0 aromatic rings. The van der Waals surface area contributed by atoms with Crippen molar-refractivity contribution in [2.45, 2.75) is 64.4 Å². The minimum atomic E-state index is -1.19. The smallest absolute Gasteiger partial charge is 0.315 e. The van der Waals surface area contributed by atoms with Crippen molar-refractivity contribution in [1.29, 1.82) is 0 Å². The Kier molecular flexibility index (Phi) is 4.00. The van der Waals surface area contributed by atoms with Gasteiger partial charge in [0.2, 0.25) is 0 Å². The molecule has 2 rings (SSSR count). The lowest BCUT2D eigenvalue weighted by Crippen LogP contribution is -2.63. The van der Waals surface area contributed by atoms with Crippen LogP contribution in [0.3, 0.4) is 0 Å². The molecule has 0 unspecified atom stereocenters. The van der Waals surface area contributed by atoms with Gasteiger partial charge in [0.05, 0.1) is 17.6 Å². The summed E-state index contributed by atoms with van der Waals surface area (Å²) in [5, 5.41) is 11.1. The number of Topliss-reactive ketones (excluding diaryl/α,β-unsaturated/α-hetero) is 1. The summed E-state index contributed by atoms with van der Waals surface area (Å²) in [7, 11) is 0. The SMILES string of the molecule is CCOC(=O)[C@]12CCCC[C@]1(O)[C@@H](C(C)=O)CCC2. The number of carbonyl (C=O) groups excluding carboxylic acids is 2. The van der Waals surface area contributed by atoms with E-state index < -0.39 is 16.9 Å². The van der Waals surface area contributed by atoms with Gasteiger partial charge in [-0.25, -0.2) is 0 Å². The highest BCUT2D eigenvalue weighted by atomic mass is 16.5. The molecule has 4 nitrogen and oxygen atoms in total. The molecule has 0 aliphatic heterocycles. The van der Waals surface area contributed by atoms with Crippen molar-refractivity contribution in [2.24, 2.45) is 11.3 Å². The van der Waals surface area contributed by atoms with Gasteiger partial charge >= 0.3 is 5.97 Å². The van der Waals surface area contributed by atoms with Crippen LogP contribution in [0.2, 0.25) is 0 Å². The second kappa shape index (κ2) is 5.23. The van der Waals surface area contributed by atoms with Gasteiger partial charge in [-0.3, -0.25) is 9.59 Å². The molecule has 108 valence electrons. The first kappa shape index (κ1) is 14.5. The Balaban J connectivity index is 2.41. The molecule has 2 saturated carbocycles. The molecule has 2 fully saturated rings.